The fourth-order valence-electron chi connectivity index (χ4n) is 5.78. The summed E-state index contributed by atoms with van der Waals surface area (Å²) in [6.07, 6.45) is 4.50. The molecular weight excluding hydrogens is 398 g/mol. The maximum atomic E-state index is 13.2. The van der Waals surface area contributed by atoms with Crippen LogP contribution in [0, 0.1) is 11.8 Å². The zero-order valence-corrected chi connectivity index (χ0v) is 18.8. The van der Waals surface area contributed by atoms with Gasteiger partial charge in [-0.2, -0.15) is 11.3 Å². The number of benzene rings is 2. The molecule has 0 N–H and O–H groups in total. The van der Waals surface area contributed by atoms with E-state index in [2.05, 4.69) is 52.1 Å². The van der Waals surface area contributed by atoms with Crippen LogP contribution in [-0.4, -0.2) is 30.3 Å². The third-order valence-electron chi connectivity index (χ3n) is 7.45. The van der Waals surface area contributed by atoms with Crippen molar-refractivity contribution < 1.29 is 4.79 Å². The zero-order chi connectivity index (χ0) is 21.0. The van der Waals surface area contributed by atoms with E-state index in [9.17, 15) is 4.79 Å². The van der Waals surface area contributed by atoms with Crippen LogP contribution in [0.1, 0.15) is 59.0 Å². The molecule has 3 aromatic rings. The van der Waals surface area contributed by atoms with E-state index >= 15 is 0 Å². The second kappa shape index (κ2) is 9.50. The SMILES string of the molecule is O=C(c1ccccc1)C1C[C@H](CN2CCC(c3ccccc3)CC2)[C@@H](c2ccsc2)C1. The fourth-order valence-corrected chi connectivity index (χ4v) is 6.50. The molecule has 0 spiro atoms. The lowest BCUT2D eigenvalue weighted by molar-refractivity contribution is 0.0916. The fraction of sp³-hybridized carbons (Fsp3) is 0.393. The molecule has 1 aliphatic carbocycles. The van der Waals surface area contributed by atoms with Crippen molar-refractivity contribution in [2.75, 3.05) is 19.6 Å². The van der Waals surface area contributed by atoms with E-state index in [1.807, 2.05) is 30.3 Å². The molecule has 1 aliphatic heterocycles. The van der Waals surface area contributed by atoms with Gasteiger partial charge >= 0.3 is 0 Å². The number of nitrogens with zero attached hydrogens (tertiary/aromatic N) is 1. The highest BCUT2D eigenvalue weighted by Crippen LogP contribution is 2.45. The lowest BCUT2D eigenvalue weighted by atomic mass is 9.87. The van der Waals surface area contributed by atoms with Gasteiger partial charge in [0.05, 0.1) is 0 Å². The molecular formula is C28H31NOS. The van der Waals surface area contributed by atoms with Crippen LogP contribution in [0.5, 0.6) is 0 Å². The topological polar surface area (TPSA) is 20.3 Å². The molecule has 3 atom stereocenters. The number of likely N-dealkylation sites (tertiary alicyclic amines) is 1. The number of Topliss-reactive ketones (excluding diaryl/α,β-unsaturated/α-hetero) is 1. The van der Waals surface area contributed by atoms with Gasteiger partial charge in [0.25, 0.3) is 0 Å². The summed E-state index contributed by atoms with van der Waals surface area (Å²) in [4.78, 5) is 15.9. The first kappa shape index (κ1) is 20.7. The Balaban J connectivity index is 1.25. The summed E-state index contributed by atoms with van der Waals surface area (Å²) in [6, 6.07) is 23.2. The van der Waals surface area contributed by atoms with Gasteiger partial charge in [-0.1, -0.05) is 60.7 Å². The number of rotatable bonds is 6. The Kier molecular flexibility index (Phi) is 6.33. The number of carbonyl (C=O) groups excluding carboxylic acids is 1. The van der Waals surface area contributed by atoms with Crippen LogP contribution in [0.2, 0.25) is 0 Å². The molecule has 1 unspecified atom stereocenters. The lowest BCUT2D eigenvalue weighted by Crippen LogP contribution is -2.37. The third kappa shape index (κ3) is 4.68. The van der Waals surface area contributed by atoms with Crippen LogP contribution in [0.3, 0.4) is 0 Å². The van der Waals surface area contributed by atoms with E-state index in [-0.39, 0.29) is 5.92 Å². The quantitative estimate of drug-likeness (QED) is 0.410. The van der Waals surface area contributed by atoms with E-state index in [0.717, 1.165) is 24.9 Å². The zero-order valence-electron chi connectivity index (χ0n) is 18.0. The maximum Gasteiger partial charge on any atom is 0.165 e. The van der Waals surface area contributed by atoms with Crippen molar-refractivity contribution in [2.24, 2.45) is 11.8 Å². The highest BCUT2D eigenvalue weighted by atomic mass is 32.1. The Hall–Kier alpha value is -2.23. The Bertz CT molecular complexity index is 961. The van der Waals surface area contributed by atoms with Crippen molar-refractivity contribution in [2.45, 2.75) is 37.5 Å². The minimum absolute atomic E-state index is 0.152. The van der Waals surface area contributed by atoms with E-state index < -0.39 is 0 Å². The molecule has 1 aromatic heterocycles. The van der Waals surface area contributed by atoms with Crippen LogP contribution in [0.4, 0.5) is 0 Å². The minimum atomic E-state index is 0.152. The molecule has 0 bridgehead atoms. The second-order valence-electron chi connectivity index (χ2n) is 9.31. The van der Waals surface area contributed by atoms with Crippen LogP contribution < -0.4 is 0 Å². The van der Waals surface area contributed by atoms with Gasteiger partial charge in [0, 0.05) is 18.0 Å². The van der Waals surface area contributed by atoms with E-state index in [1.165, 1.54) is 37.1 Å². The molecule has 2 fully saturated rings. The van der Waals surface area contributed by atoms with Crippen molar-refractivity contribution in [3.63, 3.8) is 0 Å². The summed E-state index contributed by atoms with van der Waals surface area (Å²) < 4.78 is 0. The molecule has 2 heterocycles. The molecule has 0 radical (unpaired) electrons. The van der Waals surface area contributed by atoms with Crippen molar-refractivity contribution in [3.05, 3.63) is 94.2 Å². The smallest absolute Gasteiger partial charge is 0.165 e. The van der Waals surface area contributed by atoms with Crippen molar-refractivity contribution in [3.8, 4) is 0 Å². The molecule has 2 aromatic carbocycles. The van der Waals surface area contributed by atoms with Crippen molar-refractivity contribution >= 4 is 17.1 Å². The molecule has 1 saturated carbocycles. The summed E-state index contributed by atoms with van der Waals surface area (Å²) in [6.45, 7) is 3.47. The van der Waals surface area contributed by atoms with Crippen LogP contribution >= 0.6 is 11.3 Å². The molecule has 2 nitrogen and oxygen atoms in total. The van der Waals surface area contributed by atoms with Gasteiger partial charge in [0.1, 0.15) is 0 Å². The number of carbonyl (C=O) groups is 1. The van der Waals surface area contributed by atoms with Crippen molar-refractivity contribution in [1.82, 2.24) is 4.90 Å². The van der Waals surface area contributed by atoms with Gasteiger partial charge in [-0.3, -0.25) is 4.79 Å². The van der Waals surface area contributed by atoms with Gasteiger partial charge in [0.2, 0.25) is 0 Å². The lowest BCUT2D eigenvalue weighted by Gasteiger charge is -2.35. The summed E-state index contributed by atoms with van der Waals surface area (Å²) in [5, 5.41) is 4.48. The Morgan fingerprint density at radius 2 is 1.58 bits per heavy atom. The predicted molar refractivity (Wildman–Crippen MR) is 129 cm³/mol. The maximum absolute atomic E-state index is 13.2. The normalized spacial score (nSPS) is 25.0. The van der Waals surface area contributed by atoms with Crippen LogP contribution in [-0.2, 0) is 0 Å². The Morgan fingerprint density at radius 3 is 2.26 bits per heavy atom. The number of piperidine rings is 1. The Labute approximate surface area is 189 Å². The first-order valence-electron chi connectivity index (χ1n) is 11.7. The Morgan fingerprint density at radius 1 is 0.871 bits per heavy atom. The highest BCUT2D eigenvalue weighted by molar-refractivity contribution is 7.08. The first-order valence-corrected chi connectivity index (χ1v) is 12.6. The summed E-state index contributed by atoms with van der Waals surface area (Å²) in [7, 11) is 0. The first-order chi connectivity index (χ1) is 15.3. The van der Waals surface area contributed by atoms with Gasteiger partial charge in [-0.05, 0) is 84.5 Å². The second-order valence-corrected chi connectivity index (χ2v) is 10.1. The summed E-state index contributed by atoms with van der Waals surface area (Å²) in [5.41, 5.74) is 3.81. The molecule has 31 heavy (non-hydrogen) atoms. The third-order valence-corrected chi connectivity index (χ3v) is 8.15. The summed E-state index contributed by atoms with van der Waals surface area (Å²) >= 11 is 1.78. The predicted octanol–water partition coefficient (Wildman–Crippen LogP) is 6.62. The average Bonchev–Trinajstić information content (AvgIpc) is 3.50. The van der Waals surface area contributed by atoms with Crippen LogP contribution in [0.25, 0.3) is 0 Å². The number of thiophene rings is 1. The van der Waals surface area contributed by atoms with E-state index in [1.54, 1.807) is 11.3 Å². The molecule has 5 rings (SSSR count). The highest BCUT2D eigenvalue weighted by Gasteiger charge is 2.40. The molecule has 2 aliphatic rings. The number of ketones is 1. The van der Waals surface area contributed by atoms with Gasteiger partial charge in [0.15, 0.2) is 5.78 Å². The number of hydrogen-bond acceptors (Lipinski definition) is 3. The standard InChI is InChI=1S/C28H31NOS/c30-28(23-9-5-2-6-10-23)25-17-26(27(18-25)24-13-16-31-20-24)19-29-14-11-22(12-15-29)21-7-3-1-4-8-21/h1-10,13,16,20,22,25-27H,11-12,14-15,17-19H2/t25?,26-,27-/m1/s1. The van der Waals surface area contributed by atoms with Crippen molar-refractivity contribution in [1.29, 1.82) is 0 Å². The molecule has 1 saturated heterocycles. The average molecular weight is 430 g/mol. The van der Waals surface area contributed by atoms with Gasteiger partial charge < -0.3 is 4.90 Å². The van der Waals surface area contributed by atoms with Gasteiger partial charge in [-0.15, -0.1) is 0 Å². The van der Waals surface area contributed by atoms with E-state index in [0.29, 0.717) is 23.5 Å². The summed E-state index contributed by atoms with van der Waals surface area (Å²) in [5.74, 6) is 2.27. The monoisotopic (exact) mass is 429 g/mol. The van der Waals surface area contributed by atoms with Crippen LogP contribution in [0.15, 0.2) is 77.5 Å². The number of hydrogen-bond donors (Lipinski definition) is 0. The molecule has 160 valence electrons. The minimum Gasteiger partial charge on any atom is -0.303 e. The molecule has 3 heteroatoms. The van der Waals surface area contributed by atoms with Gasteiger partial charge in [-0.25, -0.2) is 0 Å². The van der Waals surface area contributed by atoms with E-state index in [4.69, 9.17) is 0 Å². The molecule has 0 amide bonds. The largest absolute Gasteiger partial charge is 0.303 e.